The summed E-state index contributed by atoms with van der Waals surface area (Å²) in [5.41, 5.74) is 5.90. The third-order valence-electron chi connectivity index (χ3n) is 5.98. The Morgan fingerprint density at radius 2 is 1.66 bits per heavy atom. The second-order valence-electron chi connectivity index (χ2n) is 7.48. The summed E-state index contributed by atoms with van der Waals surface area (Å²) in [5, 5.41) is 3.66. The van der Waals surface area contributed by atoms with Crippen LogP contribution < -0.4 is 14.8 Å². The molecular formula is C24H23FN2O2. The van der Waals surface area contributed by atoms with E-state index in [9.17, 15) is 4.39 Å². The minimum Gasteiger partial charge on any atom is -0.493 e. The Bertz CT molecular complexity index is 1050. The average molecular weight is 390 g/mol. The number of methoxy groups -OCH3 is 2. The van der Waals surface area contributed by atoms with Crippen molar-refractivity contribution in [3.8, 4) is 11.5 Å². The molecule has 0 amide bonds. The van der Waals surface area contributed by atoms with Crippen molar-refractivity contribution < 1.29 is 13.9 Å². The standard InChI is InChI=1S/C24H23FN2O2/c1-28-21-13-16-11-12-27-23(19(16)14-22(21)29-2)18-5-3-4-6-20(18)26-24(27)15-7-9-17(25)10-8-15/h3-10,13-14,23-24,26H,11-12H2,1-2H3/t23-,24+/m1/s1. The lowest BCUT2D eigenvalue weighted by atomic mass is 9.84. The fraction of sp³-hybridized carbons (Fsp3) is 0.250. The Hall–Kier alpha value is -3.05. The van der Waals surface area contributed by atoms with E-state index in [-0.39, 0.29) is 18.0 Å². The van der Waals surface area contributed by atoms with E-state index in [1.165, 1.54) is 28.8 Å². The van der Waals surface area contributed by atoms with Crippen LogP contribution in [0.3, 0.4) is 0 Å². The molecule has 2 aliphatic heterocycles. The van der Waals surface area contributed by atoms with Crippen molar-refractivity contribution in [1.29, 1.82) is 0 Å². The number of fused-ring (bicyclic) bond motifs is 5. The molecule has 4 nitrogen and oxygen atoms in total. The zero-order valence-corrected chi connectivity index (χ0v) is 16.5. The van der Waals surface area contributed by atoms with Crippen molar-refractivity contribution in [2.45, 2.75) is 18.6 Å². The van der Waals surface area contributed by atoms with Gasteiger partial charge in [0.25, 0.3) is 0 Å². The van der Waals surface area contributed by atoms with Gasteiger partial charge in [0.05, 0.1) is 20.3 Å². The lowest BCUT2D eigenvalue weighted by Gasteiger charge is -2.47. The predicted molar refractivity (Wildman–Crippen MR) is 111 cm³/mol. The molecule has 0 spiro atoms. The number of hydrogen-bond donors (Lipinski definition) is 1. The molecule has 2 atom stereocenters. The summed E-state index contributed by atoms with van der Waals surface area (Å²) in [6, 6.07) is 19.5. The highest BCUT2D eigenvalue weighted by molar-refractivity contribution is 5.61. The summed E-state index contributed by atoms with van der Waals surface area (Å²) < 4.78 is 24.6. The summed E-state index contributed by atoms with van der Waals surface area (Å²) >= 11 is 0. The third-order valence-corrected chi connectivity index (χ3v) is 5.98. The lowest BCUT2D eigenvalue weighted by molar-refractivity contribution is 0.153. The van der Waals surface area contributed by atoms with Gasteiger partial charge in [0, 0.05) is 12.2 Å². The normalized spacial score (nSPS) is 20.1. The quantitative estimate of drug-likeness (QED) is 0.689. The van der Waals surface area contributed by atoms with Gasteiger partial charge in [-0.15, -0.1) is 0 Å². The number of halogens is 1. The van der Waals surface area contributed by atoms with Crippen LogP contribution in [0.2, 0.25) is 0 Å². The number of para-hydroxylation sites is 1. The fourth-order valence-corrected chi connectivity index (χ4v) is 4.61. The minimum absolute atomic E-state index is 0.0308. The Morgan fingerprint density at radius 1 is 0.931 bits per heavy atom. The second-order valence-corrected chi connectivity index (χ2v) is 7.48. The van der Waals surface area contributed by atoms with Gasteiger partial charge in [-0.05, 0) is 59.0 Å². The van der Waals surface area contributed by atoms with Crippen molar-refractivity contribution in [1.82, 2.24) is 4.90 Å². The molecule has 2 heterocycles. The van der Waals surface area contributed by atoms with Gasteiger partial charge in [0.15, 0.2) is 11.5 Å². The smallest absolute Gasteiger partial charge is 0.161 e. The van der Waals surface area contributed by atoms with E-state index >= 15 is 0 Å². The molecule has 1 N–H and O–H groups in total. The molecular weight excluding hydrogens is 367 g/mol. The number of benzene rings is 3. The van der Waals surface area contributed by atoms with Crippen LogP contribution in [0.25, 0.3) is 0 Å². The highest BCUT2D eigenvalue weighted by Gasteiger charge is 2.39. The molecule has 0 bridgehead atoms. The molecule has 29 heavy (non-hydrogen) atoms. The van der Waals surface area contributed by atoms with Gasteiger partial charge in [0.1, 0.15) is 12.0 Å². The molecule has 0 radical (unpaired) electrons. The van der Waals surface area contributed by atoms with Gasteiger partial charge >= 0.3 is 0 Å². The van der Waals surface area contributed by atoms with Gasteiger partial charge < -0.3 is 14.8 Å². The summed E-state index contributed by atoms with van der Waals surface area (Å²) in [6.45, 7) is 0.885. The predicted octanol–water partition coefficient (Wildman–Crippen LogP) is 4.91. The van der Waals surface area contributed by atoms with E-state index < -0.39 is 0 Å². The van der Waals surface area contributed by atoms with Gasteiger partial charge in [-0.3, -0.25) is 4.90 Å². The van der Waals surface area contributed by atoms with Crippen molar-refractivity contribution in [3.05, 3.63) is 88.7 Å². The molecule has 3 aromatic carbocycles. The summed E-state index contributed by atoms with van der Waals surface area (Å²) in [4.78, 5) is 2.45. The molecule has 0 fully saturated rings. The molecule has 3 aromatic rings. The molecule has 2 aliphatic rings. The largest absolute Gasteiger partial charge is 0.493 e. The topological polar surface area (TPSA) is 33.7 Å². The van der Waals surface area contributed by atoms with Gasteiger partial charge in [-0.25, -0.2) is 4.39 Å². The zero-order valence-electron chi connectivity index (χ0n) is 16.5. The highest BCUT2D eigenvalue weighted by Crippen LogP contribution is 2.48. The van der Waals surface area contributed by atoms with E-state index in [0.29, 0.717) is 0 Å². The SMILES string of the molecule is COc1cc2c(cc1OC)[C@H]1c3ccccc3N[C@H](c3ccc(F)cc3)N1CC2. The van der Waals surface area contributed by atoms with Crippen LogP contribution >= 0.6 is 0 Å². The molecule has 0 saturated heterocycles. The van der Waals surface area contributed by atoms with E-state index in [4.69, 9.17) is 9.47 Å². The van der Waals surface area contributed by atoms with Crippen molar-refractivity contribution in [2.24, 2.45) is 0 Å². The number of nitrogens with one attached hydrogen (secondary N) is 1. The van der Waals surface area contributed by atoms with Crippen LogP contribution in [0.15, 0.2) is 60.7 Å². The number of nitrogens with zero attached hydrogens (tertiary/aromatic N) is 1. The maximum Gasteiger partial charge on any atom is 0.161 e. The molecule has 0 aromatic heterocycles. The molecule has 5 heteroatoms. The maximum absolute atomic E-state index is 13.5. The van der Waals surface area contributed by atoms with E-state index in [2.05, 4.69) is 40.5 Å². The molecule has 0 aliphatic carbocycles. The Labute approximate surface area is 169 Å². The average Bonchev–Trinajstić information content (AvgIpc) is 2.77. The minimum atomic E-state index is -0.220. The molecule has 5 rings (SSSR count). The monoisotopic (exact) mass is 390 g/mol. The van der Waals surface area contributed by atoms with Crippen LogP contribution in [0.4, 0.5) is 10.1 Å². The number of hydrogen-bond acceptors (Lipinski definition) is 4. The maximum atomic E-state index is 13.5. The van der Waals surface area contributed by atoms with Crippen molar-refractivity contribution >= 4 is 5.69 Å². The molecule has 0 saturated carbocycles. The Morgan fingerprint density at radius 3 is 2.41 bits per heavy atom. The van der Waals surface area contributed by atoms with Crippen molar-refractivity contribution in [2.75, 3.05) is 26.1 Å². The second kappa shape index (κ2) is 7.08. The first-order valence-corrected chi connectivity index (χ1v) is 9.81. The van der Waals surface area contributed by atoms with E-state index in [1.54, 1.807) is 14.2 Å². The van der Waals surface area contributed by atoms with Gasteiger partial charge in [0.2, 0.25) is 0 Å². The lowest BCUT2D eigenvalue weighted by Crippen LogP contribution is -2.45. The number of anilines is 1. The number of rotatable bonds is 3. The number of ether oxygens (including phenoxy) is 2. The fourth-order valence-electron chi connectivity index (χ4n) is 4.61. The van der Waals surface area contributed by atoms with Crippen LogP contribution in [0.1, 0.15) is 34.5 Å². The first-order chi connectivity index (χ1) is 14.2. The first-order valence-electron chi connectivity index (χ1n) is 9.81. The summed E-state index contributed by atoms with van der Waals surface area (Å²) in [5.74, 6) is 1.28. The van der Waals surface area contributed by atoms with Crippen LogP contribution in [-0.4, -0.2) is 25.7 Å². The van der Waals surface area contributed by atoms with Gasteiger partial charge in [-0.1, -0.05) is 30.3 Å². The van der Waals surface area contributed by atoms with Crippen LogP contribution in [0, 0.1) is 5.82 Å². The molecule has 0 unspecified atom stereocenters. The zero-order chi connectivity index (χ0) is 20.0. The van der Waals surface area contributed by atoms with Crippen molar-refractivity contribution in [3.63, 3.8) is 0 Å². The van der Waals surface area contributed by atoms with Crippen LogP contribution in [-0.2, 0) is 6.42 Å². The van der Waals surface area contributed by atoms with Gasteiger partial charge in [-0.2, -0.15) is 0 Å². The van der Waals surface area contributed by atoms with E-state index in [0.717, 1.165) is 35.7 Å². The third kappa shape index (κ3) is 2.93. The summed E-state index contributed by atoms with van der Waals surface area (Å²) in [6.07, 6.45) is 0.880. The Kier molecular flexibility index (Phi) is 4.40. The van der Waals surface area contributed by atoms with E-state index in [1.807, 2.05) is 18.2 Å². The molecule has 148 valence electrons. The van der Waals surface area contributed by atoms with Crippen LogP contribution in [0.5, 0.6) is 11.5 Å². The highest BCUT2D eigenvalue weighted by atomic mass is 19.1. The Balaban J connectivity index is 1.67. The first kappa shape index (κ1) is 18.0. The summed E-state index contributed by atoms with van der Waals surface area (Å²) in [7, 11) is 3.34.